The van der Waals surface area contributed by atoms with Gasteiger partial charge in [0.05, 0.1) is 18.8 Å². The molecule has 4 heteroatoms. The fourth-order valence-corrected chi connectivity index (χ4v) is 9.48. The molecular formula is C57H115NO3. The highest BCUT2D eigenvalue weighted by molar-refractivity contribution is 5.76. The first kappa shape index (κ1) is 60.4. The molecule has 0 aliphatic heterocycles. The summed E-state index contributed by atoms with van der Waals surface area (Å²) in [5, 5.41) is 23.3. The van der Waals surface area contributed by atoms with Crippen LogP contribution in [0.3, 0.4) is 0 Å². The molecular weight excluding hydrogens is 747 g/mol. The number of hydrogen-bond acceptors (Lipinski definition) is 3. The largest absolute Gasteiger partial charge is 0.394 e. The van der Waals surface area contributed by atoms with Crippen LogP contribution in [0.4, 0.5) is 0 Å². The van der Waals surface area contributed by atoms with Crippen molar-refractivity contribution in [3.8, 4) is 0 Å². The molecule has 0 spiro atoms. The molecule has 0 radical (unpaired) electrons. The van der Waals surface area contributed by atoms with Gasteiger partial charge in [-0.05, 0) is 12.8 Å². The molecule has 0 aromatic carbocycles. The second-order valence-corrected chi connectivity index (χ2v) is 20.1. The fraction of sp³-hybridized carbons (Fsp3) is 0.982. The molecule has 2 atom stereocenters. The van der Waals surface area contributed by atoms with Gasteiger partial charge in [-0.15, -0.1) is 0 Å². The highest BCUT2D eigenvalue weighted by atomic mass is 16.3. The van der Waals surface area contributed by atoms with E-state index >= 15 is 0 Å². The van der Waals surface area contributed by atoms with E-state index in [1.165, 1.54) is 289 Å². The molecule has 4 nitrogen and oxygen atoms in total. The van der Waals surface area contributed by atoms with Gasteiger partial charge in [-0.25, -0.2) is 0 Å². The summed E-state index contributed by atoms with van der Waals surface area (Å²) in [7, 11) is 0. The van der Waals surface area contributed by atoms with E-state index in [0.717, 1.165) is 25.7 Å². The maximum Gasteiger partial charge on any atom is 0.220 e. The molecule has 3 N–H and O–H groups in total. The first-order valence-corrected chi connectivity index (χ1v) is 28.7. The van der Waals surface area contributed by atoms with E-state index in [0.29, 0.717) is 12.8 Å². The number of aliphatic hydroxyl groups is 2. The zero-order valence-electron chi connectivity index (χ0n) is 42.2. The van der Waals surface area contributed by atoms with Crippen LogP contribution in [0.5, 0.6) is 0 Å². The summed E-state index contributed by atoms with van der Waals surface area (Å²) in [5.41, 5.74) is 0. The van der Waals surface area contributed by atoms with Crippen molar-refractivity contribution in [3.05, 3.63) is 0 Å². The maximum absolute atomic E-state index is 12.5. The van der Waals surface area contributed by atoms with Gasteiger partial charge >= 0.3 is 0 Å². The summed E-state index contributed by atoms with van der Waals surface area (Å²) in [5.74, 6) is -0.0224. The minimum atomic E-state index is -0.654. The molecule has 0 aromatic heterocycles. The molecule has 0 saturated carbocycles. The molecule has 1 amide bonds. The topological polar surface area (TPSA) is 69.6 Å². The minimum absolute atomic E-state index is 0.0224. The number of amides is 1. The second-order valence-electron chi connectivity index (χ2n) is 20.1. The molecule has 61 heavy (non-hydrogen) atoms. The third-order valence-electron chi connectivity index (χ3n) is 13.9. The minimum Gasteiger partial charge on any atom is -0.394 e. The van der Waals surface area contributed by atoms with Gasteiger partial charge in [0, 0.05) is 6.42 Å². The van der Waals surface area contributed by atoms with Gasteiger partial charge in [-0.3, -0.25) is 4.79 Å². The monoisotopic (exact) mass is 862 g/mol. The average Bonchev–Trinajstić information content (AvgIpc) is 3.26. The lowest BCUT2D eigenvalue weighted by atomic mass is 10.0. The molecule has 0 saturated heterocycles. The number of unbranched alkanes of at least 4 members (excludes halogenated alkanes) is 47. The van der Waals surface area contributed by atoms with Gasteiger partial charge in [0.15, 0.2) is 0 Å². The van der Waals surface area contributed by atoms with Crippen molar-refractivity contribution in [1.82, 2.24) is 5.32 Å². The number of hydrogen-bond donors (Lipinski definition) is 3. The molecule has 0 fully saturated rings. The Kier molecular flexibility index (Phi) is 53.2. The van der Waals surface area contributed by atoms with Crippen LogP contribution >= 0.6 is 0 Å². The number of nitrogens with one attached hydrogen (secondary N) is 1. The Hall–Kier alpha value is -0.610. The zero-order valence-corrected chi connectivity index (χ0v) is 42.2. The van der Waals surface area contributed by atoms with E-state index in [9.17, 15) is 15.0 Å². The Morgan fingerprint density at radius 1 is 0.328 bits per heavy atom. The van der Waals surface area contributed by atoms with Crippen LogP contribution in [-0.4, -0.2) is 34.9 Å². The highest BCUT2D eigenvalue weighted by Gasteiger charge is 2.20. The van der Waals surface area contributed by atoms with Crippen molar-refractivity contribution in [2.75, 3.05) is 6.61 Å². The lowest BCUT2D eigenvalue weighted by molar-refractivity contribution is -0.123. The first-order valence-electron chi connectivity index (χ1n) is 28.7. The Bertz CT molecular complexity index is 803. The third-order valence-corrected chi connectivity index (χ3v) is 13.9. The molecule has 0 bridgehead atoms. The van der Waals surface area contributed by atoms with Crippen molar-refractivity contribution in [2.45, 2.75) is 353 Å². The van der Waals surface area contributed by atoms with Gasteiger partial charge in [0.1, 0.15) is 0 Å². The molecule has 0 heterocycles. The molecule has 0 aliphatic rings. The summed E-state index contributed by atoms with van der Waals surface area (Å²) in [6, 6.07) is -0.531. The summed E-state index contributed by atoms with van der Waals surface area (Å²) in [6.07, 6.45) is 68.2. The van der Waals surface area contributed by atoms with Crippen LogP contribution in [0.1, 0.15) is 341 Å². The van der Waals surface area contributed by atoms with Gasteiger partial charge in [0.2, 0.25) is 5.91 Å². The van der Waals surface area contributed by atoms with Gasteiger partial charge in [0.25, 0.3) is 0 Å². The van der Waals surface area contributed by atoms with Crippen molar-refractivity contribution < 1.29 is 15.0 Å². The number of carbonyl (C=O) groups excluding carboxylic acids is 1. The first-order chi connectivity index (χ1) is 30.2. The number of rotatable bonds is 54. The standard InChI is InChI=1S/C57H115NO3/c1-3-5-7-9-11-13-15-17-19-21-22-23-24-25-26-27-28-29-30-31-32-33-34-35-36-37-39-41-43-45-47-49-51-53-57(61)58-55(54-59)56(60)52-50-48-46-44-42-40-38-20-18-16-14-12-10-8-6-4-2/h55-56,59-60H,3-54H2,1-2H3,(H,58,61). The van der Waals surface area contributed by atoms with Crippen LogP contribution in [0.15, 0.2) is 0 Å². The zero-order chi connectivity index (χ0) is 44.2. The van der Waals surface area contributed by atoms with Crippen LogP contribution in [0.2, 0.25) is 0 Å². The van der Waals surface area contributed by atoms with E-state index in [1.807, 2.05) is 0 Å². The van der Waals surface area contributed by atoms with Gasteiger partial charge < -0.3 is 15.5 Å². The van der Waals surface area contributed by atoms with E-state index in [1.54, 1.807) is 0 Å². The molecule has 2 unspecified atom stereocenters. The molecule has 0 aliphatic carbocycles. The third kappa shape index (κ3) is 50.3. The van der Waals surface area contributed by atoms with Crippen LogP contribution < -0.4 is 5.32 Å². The van der Waals surface area contributed by atoms with Crippen LogP contribution in [-0.2, 0) is 4.79 Å². The van der Waals surface area contributed by atoms with Gasteiger partial charge in [-0.1, -0.05) is 322 Å². The quantitative estimate of drug-likeness (QED) is 0.0534. The van der Waals surface area contributed by atoms with E-state index in [2.05, 4.69) is 19.2 Å². The highest BCUT2D eigenvalue weighted by Crippen LogP contribution is 2.19. The van der Waals surface area contributed by atoms with Crippen LogP contribution in [0.25, 0.3) is 0 Å². The SMILES string of the molecule is CCCCCCCCCCCCCCCCCCCCCCCCCCCCCCCCCCCC(=O)NC(CO)C(O)CCCCCCCCCCCCCCCCCC. The Morgan fingerprint density at radius 3 is 0.738 bits per heavy atom. The van der Waals surface area contributed by atoms with E-state index in [-0.39, 0.29) is 12.5 Å². The van der Waals surface area contributed by atoms with Crippen molar-refractivity contribution in [1.29, 1.82) is 0 Å². The molecule has 0 rings (SSSR count). The summed E-state index contributed by atoms with van der Waals surface area (Å²) in [6.45, 7) is 4.40. The predicted molar refractivity (Wildman–Crippen MR) is 272 cm³/mol. The summed E-state index contributed by atoms with van der Waals surface area (Å²) >= 11 is 0. The van der Waals surface area contributed by atoms with Crippen molar-refractivity contribution in [2.24, 2.45) is 0 Å². The summed E-state index contributed by atoms with van der Waals surface area (Å²) in [4.78, 5) is 12.5. The van der Waals surface area contributed by atoms with Gasteiger partial charge in [-0.2, -0.15) is 0 Å². The lowest BCUT2D eigenvalue weighted by Gasteiger charge is -2.22. The maximum atomic E-state index is 12.5. The second kappa shape index (κ2) is 53.7. The predicted octanol–water partition coefficient (Wildman–Crippen LogP) is 18.8. The Morgan fingerprint density at radius 2 is 0.525 bits per heavy atom. The van der Waals surface area contributed by atoms with Crippen molar-refractivity contribution in [3.63, 3.8) is 0 Å². The molecule has 366 valence electrons. The van der Waals surface area contributed by atoms with E-state index in [4.69, 9.17) is 0 Å². The van der Waals surface area contributed by atoms with E-state index < -0.39 is 12.1 Å². The van der Waals surface area contributed by atoms with Crippen molar-refractivity contribution >= 4 is 5.91 Å². The fourth-order valence-electron chi connectivity index (χ4n) is 9.48. The van der Waals surface area contributed by atoms with Crippen LogP contribution in [0, 0.1) is 0 Å². The average molecular weight is 863 g/mol. The number of carbonyl (C=O) groups is 1. The number of aliphatic hydroxyl groups excluding tert-OH is 2. The molecule has 0 aromatic rings. The normalized spacial score (nSPS) is 12.7. The Balaban J connectivity index is 3.35. The Labute approximate surface area is 384 Å². The smallest absolute Gasteiger partial charge is 0.220 e. The lowest BCUT2D eigenvalue weighted by Crippen LogP contribution is -2.45. The summed E-state index contributed by atoms with van der Waals surface area (Å²) < 4.78 is 0.